The molecule has 1 aromatic carbocycles. The van der Waals surface area contributed by atoms with E-state index in [0.29, 0.717) is 11.5 Å². The first kappa shape index (κ1) is 26.5. The maximum atomic E-state index is 5.02. The molecule has 4 aromatic heterocycles. The summed E-state index contributed by atoms with van der Waals surface area (Å²) in [5.74, 6) is 0.648. The quantitative estimate of drug-likeness (QED) is 0.182. The summed E-state index contributed by atoms with van der Waals surface area (Å²) in [6.07, 6.45) is 15.3. The third-order valence-electron chi connectivity index (χ3n) is 6.78. The number of aromatic amines is 2. The molecule has 0 amide bonds. The molecule has 0 bridgehead atoms. The minimum absolute atomic E-state index is 0.648. The lowest BCUT2D eigenvalue weighted by Gasteiger charge is -2.07. The fourth-order valence-corrected chi connectivity index (χ4v) is 4.68. The lowest BCUT2D eigenvalue weighted by molar-refractivity contribution is 0.966. The Bertz CT molecular complexity index is 1730. The molecular weight excluding hydrogens is 492 g/mol. The van der Waals surface area contributed by atoms with Crippen molar-refractivity contribution in [3.8, 4) is 11.5 Å². The number of fused-ring (bicyclic) bond motifs is 1. The summed E-state index contributed by atoms with van der Waals surface area (Å²) in [6, 6.07) is 18.4. The first-order valence-electron chi connectivity index (χ1n) is 13.3. The van der Waals surface area contributed by atoms with Crippen molar-refractivity contribution in [2.75, 3.05) is 0 Å². The van der Waals surface area contributed by atoms with Crippen molar-refractivity contribution in [1.82, 2.24) is 30.1 Å². The standard InChI is InChI=1S/C34H32N6/c1-5-12-28(27-15-11-20-35-22-27)31-23(4)36-34(38-31)33-32-30(39-40-33)19-18-29(37-32)26(7-3)21-24(6-2)16-17-25-13-9-8-10-14-25/h5-15,18-22H,1-2,16-17H2,3-4H3,(H,36,38)(H,39,40)/b24-21+,26-7+,28-12-. The summed E-state index contributed by atoms with van der Waals surface area (Å²) >= 11 is 0. The maximum absolute atomic E-state index is 5.02. The van der Waals surface area contributed by atoms with Crippen LogP contribution in [0.2, 0.25) is 0 Å². The third-order valence-corrected chi connectivity index (χ3v) is 6.78. The van der Waals surface area contributed by atoms with Crippen molar-refractivity contribution in [3.63, 3.8) is 0 Å². The van der Waals surface area contributed by atoms with Crippen LogP contribution in [0.5, 0.6) is 0 Å². The van der Waals surface area contributed by atoms with Crippen LogP contribution in [-0.2, 0) is 6.42 Å². The number of pyridine rings is 2. The first-order valence-corrected chi connectivity index (χ1v) is 13.3. The number of H-pyrrole nitrogens is 2. The Hall–Kier alpha value is -5.10. The first-order chi connectivity index (χ1) is 19.6. The zero-order valence-corrected chi connectivity index (χ0v) is 22.9. The molecule has 6 nitrogen and oxygen atoms in total. The molecular formula is C34H32N6. The third kappa shape index (κ3) is 5.66. The van der Waals surface area contributed by atoms with Gasteiger partial charge in [0.2, 0.25) is 0 Å². The van der Waals surface area contributed by atoms with Crippen molar-refractivity contribution >= 4 is 22.2 Å². The number of benzene rings is 1. The van der Waals surface area contributed by atoms with Crippen molar-refractivity contribution < 1.29 is 0 Å². The van der Waals surface area contributed by atoms with Gasteiger partial charge in [0.15, 0.2) is 11.5 Å². The van der Waals surface area contributed by atoms with Gasteiger partial charge in [-0.3, -0.25) is 10.1 Å². The summed E-state index contributed by atoms with van der Waals surface area (Å²) < 4.78 is 0. The lowest BCUT2D eigenvalue weighted by Crippen LogP contribution is -1.93. The molecule has 0 aliphatic rings. The van der Waals surface area contributed by atoms with E-state index in [-0.39, 0.29) is 0 Å². The van der Waals surface area contributed by atoms with Gasteiger partial charge < -0.3 is 4.98 Å². The summed E-state index contributed by atoms with van der Waals surface area (Å²) in [6.45, 7) is 12.0. The molecule has 0 atom stereocenters. The second-order valence-electron chi connectivity index (χ2n) is 9.43. The van der Waals surface area contributed by atoms with Crippen LogP contribution in [0.15, 0.2) is 116 Å². The fraction of sp³-hybridized carbons (Fsp3) is 0.118. The number of nitrogens with one attached hydrogen (secondary N) is 2. The molecule has 5 rings (SSSR count). The summed E-state index contributed by atoms with van der Waals surface area (Å²) in [5, 5.41) is 7.69. The Morgan fingerprint density at radius 1 is 1.00 bits per heavy atom. The van der Waals surface area contributed by atoms with Crippen LogP contribution in [-0.4, -0.2) is 30.1 Å². The number of imidazole rings is 1. The van der Waals surface area contributed by atoms with E-state index < -0.39 is 0 Å². The molecule has 0 saturated heterocycles. The molecule has 0 aliphatic heterocycles. The zero-order valence-electron chi connectivity index (χ0n) is 22.9. The Balaban J connectivity index is 1.48. The molecule has 40 heavy (non-hydrogen) atoms. The number of nitrogens with zero attached hydrogens (tertiary/aromatic N) is 4. The maximum Gasteiger partial charge on any atom is 0.161 e. The van der Waals surface area contributed by atoms with E-state index in [1.165, 1.54) is 5.56 Å². The van der Waals surface area contributed by atoms with Crippen molar-refractivity contribution in [3.05, 3.63) is 144 Å². The van der Waals surface area contributed by atoms with Crippen LogP contribution in [0.25, 0.3) is 33.7 Å². The van der Waals surface area contributed by atoms with Crippen LogP contribution < -0.4 is 0 Å². The van der Waals surface area contributed by atoms with Crippen LogP contribution in [0.1, 0.15) is 41.6 Å². The van der Waals surface area contributed by atoms with Gasteiger partial charge >= 0.3 is 0 Å². The molecule has 6 heteroatoms. The molecule has 0 unspecified atom stereocenters. The van der Waals surface area contributed by atoms with E-state index in [4.69, 9.17) is 9.97 Å². The Kier molecular flexibility index (Phi) is 8.07. The van der Waals surface area contributed by atoms with Crippen LogP contribution >= 0.6 is 0 Å². The van der Waals surface area contributed by atoms with Gasteiger partial charge in [-0.2, -0.15) is 5.10 Å². The number of allylic oxidation sites excluding steroid dienone is 7. The van der Waals surface area contributed by atoms with Crippen LogP contribution in [0.3, 0.4) is 0 Å². The SMILES string of the molecule is C=C/C=C(/c1cccnc1)c1nc(-c2n[nH]c3ccc(C(/C=C(\C=C)CCc4ccccc4)=C/C)nc23)[nH]c1C. The van der Waals surface area contributed by atoms with Gasteiger partial charge in [0.1, 0.15) is 5.52 Å². The van der Waals surface area contributed by atoms with Gasteiger partial charge in [-0.25, -0.2) is 9.97 Å². The van der Waals surface area contributed by atoms with Gasteiger partial charge in [0.25, 0.3) is 0 Å². The van der Waals surface area contributed by atoms with Gasteiger partial charge in [-0.1, -0.05) is 73.9 Å². The second kappa shape index (κ2) is 12.2. The number of hydrogen-bond donors (Lipinski definition) is 2. The van der Waals surface area contributed by atoms with Gasteiger partial charge in [0, 0.05) is 29.2 Å². The van der Waals surface area contributed by atoms with Crippen LogP contribution in [0, 0.1) is 6.92 Å². The second-order valence-corrected chi connectivity index (χ2v) is 9.43. The number of aryl methyl sites for hydroxylation is 2. The Morgan fingerprint density at radius 2 is 1.85 bits per heavy atom. The van der Waals surface area contributed by atoms with Gasteiger partial charge in [-0.05, 0) is 67.7 Å². The minimum Gasteiger partial charge on any atom is -0.340 e. The highest BCUT2D eigenvalue weighted by molar-refractivity contribution is 5.90. The fourth-order valence-electron chi connectivity index (χ4n) is 4.68. The molecule has 0 aliphatic carbocycles. The molecule has 5 aromatic rings. The average molecular weight is 525 g/mol. The van der Waals surface area contributed by atoms with Gasteiger partial charge in [-0.15, -0.1) is 0 Å². The predicted octanol–water partition coefficient (Wildman–Crippen LogP) is 7.82. The van der Waals surface area contributed by atoms with Crippen molar-refractivity contribution in [2.24, 2.45) is 0 Å². The zero-order chi connectivity index (χ0) is 27.9. The average Bonchev–Trinajstić information content (AvgIpc) is 3.59. The lowest BCUT2D eigenvalue weighted by atomic mass is 10.0. The van der Waals surface area contributed by atoms with E-state index in [1.54, 1.807) is 12.3 Å². The largest absolute Gasteiger partial charge is 0.340 e. The number of aromatic nitrogens is 6. The van der Waals surface area contributed by atoms with E-state index in [2.05, 4.69) is 69.7 Å². The summed E-state index contributed by atoms with van der Waals surface area (Å²) in [7, 11) is 0. The minimum atomic E-state index is 0.648. The molecule has 0 fully saturated rings. The van der Waals surface area contributed by atoms with Crippen molar-refractivity contribution in [2.45, 2.75) is 26.7 Å². The molecule has 0 spiro atoms. The molecule has 2 N–H and O–H groups in total. The van der Waals surface area contributed by atoms with E-state index in [0.717, 1.165) is 63.2 Å². The number of rotatable bonds is 10. The van der Waals surface area contributed by atoms with E-state index in [1.807, 2.05) is 62.5 Å². The van der Waals surface area contributed by atoms with Gasteiger partial charge in [0.05, 0.1) is 16.9 Å². The Morgan fingerprint density at radius 3 is 2.58 bits per heavy atom. The highest BCUT2D eigenvalue weighted by Gasteiger charge is 2.19. The summed E-state index contributed by atoms with van der Waals surface area (Å²) in [4.78, 5) is 17.7. The smallest absolute Gasteiger partial charge is 0.161 e. The monoisotopic (exact) mass is 524 g/mol. The highest BCUT2D eigenvalue weighted by Crippen LogP contribution is 2.30. The summed E-state index contributed by atoms with van der Waals surface area (Å²) in [5.41, 5.74) is 10.3. The van der Waals surface area contributed by atoms with Crippen molar-refractivity contribution in [1.29, 1.82) is 0 Å². The van der Waals surface area contributed by atoms with E-state index >= 15 is 0 Å². The van der Waals surface area contributed by atoms with E-state index in [9.17, 15) is 0 Å². The molecule has 198 valence electrons. The normalized spacial score (nSPS) is 12.6. The molecule has 4 heterocycles. The molecule has 0 radical (unpaired) electrons. The van der Waals surface area contributed by atoms with Crippen LogP contribution in [0.4, 0.5) is 0 Å². The predicted molar refractivity (Wildman–Crippen MR) is 164 cm³/mol. The topological polar surface area (TPSA) is 83.1 Å². The highest BCUT2D eigenvalue weighted by atomic mass is 15.2. The number of hydrogen-bond acceptors (Lipinski definition) is 4. The molecule has 0 saturated carbocycles. The Labute approximate surface area is 234 Å².